The number of allylic oxidation sites excluding steroid dienone is 2. The molecule has 0 saturated heterocycles. The molecule has 4 aromatic rings. The molecule has 2 heterocycles. The molecule has 0 spiro atoms. The van der Waals surface area contributed by atoms with Crippen molar-refractivity contribution in [2.45, 2.75) is 20.3 Å². The molecule has 0 aliphatic carbocycles. The van der Waals surface area contributed by atoms with Crippen LogP contribution in [-0.2, 0) is 6.42 Å². The fourth-order valence-electron chi connectivity index (χ4n) is 3.02. The number of rotatable bonds is 2. The van der Waals surface area contributed by atoms with E-state index in [0.29, 0.717) is 22.8 Å². The fraction of sp³-hybridized carbons (Fsp3) is 0.150. The molecule has 6 nitrogen and oxygen atoms in total. The zero-order chi connectivity index (χ0) is 18.6. The molecule has 0 saturated carbocycles. The lowest BCUT2D eigenvalue weighted by Crippen LogP contribution is -1.98. The van der Waals surface area contributed by atoms with Crippen molar-refractivity contribution >= 4 is 32.9 Å². The van der Waals surface area contributed by atoms with Gasteiger partial charge in [0.25, 0.3) is 0 Å². The van der Waals surface area contributed by atoms with E-state index in [2.05, 4.69) is 0 Å². The van der Waals surface area contributed by atoms with E-state index in [1.165, 1.54) is 18.2 Å². The minimum absolute atomic E-state index is 0.0314. The highest BCUT2D eigenvalue weighted by Crippen LogP contribution is 2.38. The third-order valence-corrected chi connectivity index (χ3v) is 4.35. The van der Waals surface area contributed by atoms with Gasteiger partial charge in [-0.15, -0.1) is 0 Å². The maximum absolute atomic E-state index is 12.4. The fourth-order valence-corrected chi connectivity index (χ4v) is 3.02. The van der Waals surface area contributed by atoms with Crippen LogP contribution in [0.15, 0.2) is 49.5 Å². The summed E-state index contributed by atoms with van der Waals surface area (Å²) in [6.45, 7) is 3.93. The zero-order valence-electron chi connectivity index (χ0n) is 14.2. The van der Waals surface area contributed by atoms with Gasteiger partial charge in [-0.1, -0.05) is 11.6 Å². The molecular formula is C20H16O6. The van der Waals surface area contributed by atoms with Crippen molar-refractivity contribution in [2.75, 3.05) is 0 Å². The van der Waals surface area contributed by atoms with Gasteiger partial charge >= 0.3 is 5.63 Å². The molecular weight excluding hydrogens is 336 g/mol. The maximum Gasteiger partial charge on any atom is 0.348 e. The molecule has 2 aromatic carbocycles. The van der Waals surface area contributed by atoms with Crippen LogP contribution in [0.4, 0.5) is 0 Å². The van der Waals surface area contributed by atoms with Gasteiger partial charge in [-0.3, -0.25) is 0 Å². The van der Waals surface area contributed by atoms with Gasteiger partial charge in [0.15, 0.2) is 17.1 Å². The van der Waals surface area contributed by atoms with Crippen LogP contribution < -0.4 is 5.63 Å². The van der Waals surface area contributed by atoms with Crippen LogP contribution in [0.25, 0.3) is 32.9 Å². The van der Waals surface area contributed by atoms with Crippen molar-refractivity contribution < 1.29 is 24.2 Å². The summed E-state index contributed by atoms with van der Waals surface area (Å²) in [5, 5.41) is 30.7. The van der Waals surface area contributed by atoms with Gasteiger partial charge in [0, 0.05) is 17.5 Å². The Morgan fingerprint density at radius 2 is 1.58 bits per heavy atom. The Morgan fingerprint density at radius 3 is 2.31 bits per heavy atom. The summed E-state index contributed by atoms with van der Waals surface area (Å²) in [7, 11) is 0. The zero-order valence-corrected chi connectivity index (χ0v) is 14.2. The van der Waals surface area contributed by atoms with Crippen molar-refractivity contribution in [2.24, 2.45) is 0 Å². The van der Waals surface area contributed by atoms with E-state index in [4.69, 9.17) is 8.83 Å². The van der Waals surface area contributed by atoms with Crippen LogP contribution in [0.3, 0.4) is 0 Å². The minimum Gasteiger partial charge on any atom is -0.508 e. The van der Waals surface area contributed by atoms with E-state index in [1.54, 1.807) is 6.07 Å². The number of furan rings is 1. The summed E-state index contributed by atoms with van der Waals surface area (Å²) >= 11 is 0. The first-order valence-electron chi connectivity index (χ1n) is 8.05. The van der Waals surface area contributed by atoms with Gasteiger partial charge in [0.1, 0.15) is 22.3 Å². The molecule has 132 valence electrons. The second kappa shape index (κ2) is 5.56. The molecule has 0 bridgehead atoms. The van der Waals surface area contributed by atoms with Gasteiger partial charge in [0.05, 0.1) is 5.39 Å². The second-order valence-corrected chi connectivity index (χ2v) is 6.50. The van der Waals surface area contributed by atoms with Crippen molar-refractivity contribution in [1.29, 1.82) is 0 Å². The Bertz CT molecular complexity index is 1270. The number of benzene rings is 2. The van der Waals surface area contributed by atoms with Gasteiger partial charge in [0.2, 0.25) is 0 Å². The third-order valence-electron chi connectivity index (χ3n) is 4.35. The van der Waals surface area contributed by atoms with E-state index < -0.39 is 5.63 Å². The average Bonchev–Trinajstić information content (AvgIpc) is 2.92. The van der Waals surface area contributed by atoms with E-state index in [9.17, 15) is 20.1 Å². The lowest BCUT2D eigenvalue weighted by atomic mass is 10.0. The first-order valence-corrected chi connectivity index (χ1v) is 8.05. The summed E-state index contributed by atoms with van der Waals surface area (Å²) in [6.07, 6.45) is 2.50. The van der Waals surface area contributed by atoms with Crippen molar-refractivity contribution in [1.82, 2.24) is 0 Å². The lowest BCUT2D eigenvalue weighted by molar-refractivity contribution is 0.404. The largest absolute Gasteiger partial charge is 0.508 e. The summed E-state index contributed by atoms with van der Waals surface area (Å²) < 4.78 is 11.1. The molecule has 0 unspecified atom stereocenters. The molecule has 6 heteroatoms. The summed E-state index contributed by atoms with van der Waals surface area (Å²) in [4.78, 5) is 12.4. The molecule has 0 radical (unpaired) electrons. The van der Waals surface area contributed by atoms with Gasteiger partial charge < -0.3 is 24.2 Å². The lowest BCUT2D eigenvalue weighted by Gasteiger charge is -2.05. The Morgan fingerprint density at radius 1 is 0.923 bits per heavy atom. The normalized spacial score (nSPS) is 11.5. The molecule has 4 rings (SSSR count). The van der Waals surface area contributed by atoms with Gasteiger partial charge in [-0.25, -0.2) is 4.79 Å². The molecule has 3 N–H and O–H groups in total. The first-order chi connectivity index (χ1) is 12.3. The van der Waals surface area contributed by atoms with E-state index in [1.807, 2.05) is 19.9 Å². The smallest absolute Gasteiger partial charge is 0.348 e. The molecule has 0 aliphatic rings. The Hall–Kier alpha value is -3.41. The second-order valence-electron chi connectivity index (χ2n) is 6.50. The maximum atomic E-state index is 12.4. The Labute approximate surface area is 147 Å². The Kier molecular flexibility index (Phi) is 3.44. The van der Waals surface area contributed by atoms with Crippen LogP contribution >= 0.6 is 0 Å². The highest BCUT2D eigenvalue weighted by Gasteiger charge is 2.19. The topological polar surface area (TPSA) is 104 Å². The van der Waals surface area contributed by atoms with Crippen LogP contribution in [-0.4, -0.2) is 15.3 Å². The SMILES string of the molecule is CC(C)=CCc1cc2c(cc1O)oc(=O)c1c3cc(O)c(O)cc3oc21. The number of phenolic OH excluding ortho intramolecular Hbond substituents is 3. The number of hydrogen-bond acceptors (Lipinski definition) is 6. The molecule has 0 amide bonds. The molecule has 0 fully saturated rings. The highest BCUT2D eigenvalue weighted by atomic mass is 16.4. The standard InChI is InChI=1S/C20H16O6/c1-9(2)3-4-10-5-12-17(7-13(10)21)26-20(24)18-11-6-14(22)15(23)8-16(11)25-19(12)18/h3,5-8,21-23H,4H2,1-2H3. The highest BCUT2D eigenvalue weighted by molar-refractivity contribution is 6.13. The predicted molar refractivity (Wildman–Crippen MR) is 97.9 cm³/mol. The summed E-state index contributed by atoms with van der Waals surface area (Å²) in [6, 6.07) is 5.63. The van der Waals surface area contributed by atoms with Crippen LogP contribution in [0.2, 0.25) is 0 Å². The summed E-state index contributed by atoms with van der Waals surface area (Å²) in [5.74, 6) is -0.661. The number of hydrogen-bond donors (Lipinski definition) is 3. The molecule has 26 heavy (non-hydrogen) atoms. The third kappa shape index (κ3) is 2.38. The first kappa shape index (κ1) is 16.1. The van der Waals surface area contributed by atoms with Crippen molar-refractivity contribution in [3.05, 3.63) is 51.9 Å². The van der Waals surface area contributed by atoms with Gasteiger partial charge in [-0.05, 0) is 38.0 Å². The summed E-state index contributed by atoms with van der Waals surface area (Å²) in [5.41, 5.74) is 1.88. The number of phenols is 3. The molecule has 0 aliphatic heterocycles. The van der Waals surface area contributed by atoms with Crippen molar-refractivity contribution in [3.63, 3.8) is 0 Å². The van der Waals surface area contributed by atoms with Gasteiger partial charge in [-0.2, -0.15) is 0 Å². The monoisotopic (exact) mass is 352 g/mol. The van der Waals surface area contributed by atoms with Crippen molar-refractivity contribution in [3.8, 4) is 17.2 Å². The quantitative estimate of drug-likeness (QED) is 0.282. The average molecular weight is 352 g/mol. The van der Waals surface area contributed by atoms with Crippen LogP contribution in [0.5, 0.6) is 17.2 Å². The number of fused-ring (bicyclic) bond motifs is 5. The van der Waals surface area contributed by atoms with E-state index >= 15 is 0 Å². The Balaban J connectivity index is 2.11. The minimum atomic E-state index is -0.646. The van der Waals surface area contributed by atoms with Crippen LogP contribution in [0, 0.1) is 0 Å². The molecule has 2 aromatic heterocycles. The van der Waals surface area contributed by atoms with E-state index in [-0.39, 0.29) is 39.4 Å². The van der Waals surface area contributed by atoms with Crippen LogP contribution in [0.1, 0.15) is 19.4 Å². The number of aromatic hydroxyl groups is 3. The molecule has 0 atom stereocenters. The predicted octanol–water partition coefficient (Wildman–Crippen LogP) is 4.32. The van der Waals surface area contributed by atoms with E-state index in [0.717, 1.165) is 5.57 Å².